The highest BCUT2D eigenvalue weighted by atomic mass is 35.5. The van der Waals surface area contributed by atoms with Gasteiger partial charge in [-0.1, -0.05) is 29.8 Å². The number of halogens is 1. The number of para-hydroxylation sites is 2. The van der Waals surface area contributed by atoms with Gasteiger partial charge in [0.25, 0.3) is 5.91 Å². The number of methoxy groups -OCH3 is 1. The zero-order chi connectivity index (χ0) is 20.2. The van der Waals surface area contributed by atoms with E-state index in [-0.39, 0.29) is 5.91 Å². The van der Waals surface area contributed by atoms with Crippen molar-refractivity contribution in [3.63, 3.8) is 0 Å². The Hall–Kier alpha value is -2.98. The van der Waals surface area contributed by atoms with Crippen LogP contribution in [-0.4, -0.2) is 13.0 Å². The number of amides is 1. The maximum atomic E-state index is 12.9. The van der Waals surface area contributed by atoms with Gasteiger partial charge in [-0.3, -0.25) is 4.79 Å². The lowest BCUT2D eigenvalue weighted by atomic mass is 9.90. The van der Waals surface area contributed by atoms with E-state index in [0.29, 0.717) is 33.5 Å². The monoisotopic (exact) mass is 407 g/mol. The van der Waals surface area contributed by atoms with E-state index in [2.05, 4.69) is 11.4 Å². The second-order valence-corrected chi connectivity index (χ2v) is 7.47. The van der Waals surface area contributed by atoms with Gasteiger partial charge in [-0.2, -0.15) is 0 Å². The number of benzene rings is 3. The van der Waals surface area contributed by atoms with Gasteiger partial charge in [-0.15, -0.1) is 0 Å². The van der Waals surface area contributed by atoms with Crippen molar-refractivity contribution in [1.82, 2.24) is 0 Å². The molecule has 0 saturated heterocycles. The Labute approximate surface area is 175 Å². The third kappa shape index (κ3) is 4.38. The van der Waals surface area contributed by atoms with E-state index < -0.39 is 0 Å². The van der Waals surface area contributed by atoms with Gasteiger partial charge in [0, 0.05) is 10.6 Å². The lowest BCUT2D eigenvalue weighted by molar-refractivity contribution is 0.102. The van der Waals surface area contributed by atoms with Crippen LogP contribution in [0.5, 0.6) is 17.2 Å². The molecule has 0 atom stereocenters. The van der Waals surface area contributed by atoms with Crippen LogP contribution in [0.2, 0.25) is 5.02 Å². The standard InChI is InChI=1S/C24H22ClNO3/c1-28-22-8-4-5-9-23(22)29-21-13-12-19(25)15-20(21)26-24(27)18-11-10-16-6-2-3-7-17(16)14-18/h4-5,8-15H,2-3,6-7H2,1H3,(H,26,27). The summed E-state index contributed by atoms with van der Waals surface area (Å²) in [6, 6.07) is 18.4. The molecule has 5 heteroatoms. The van der Waals surface area contributed by atoms with Crippen molar-refractivity contribution in [1.29, 1.82) is 0 Å². The lowest BCUT2D eigenvalue weighted by Crippen LogP contribution is -2.14. The Morgan fingerprint density at radius 2 is 1.66 bits per heavy atom. The van der Waals surface area contributed by atoms with Crippen LogP contribution in [0, 0.1) is 0 Å². The first kappa shape index (κ1) is 19.3. The minimum atomic E-state index is -0.189. The summed E-state index contributed by atoms with van der Waals surface area (Å²) in [6.07, 6.45) is 4.49. The first-order valence-corrected chi connectivity index (χ1v) is 10.1. The number of hydrogen-bond donors (Lipinski definition) is 1. The molecule has 148 valence electrons. The fourth-order valence-electron chi connectivity index (χ4n) is 3.58. The second-order valence-electron chi connectivity index (χ2n) is 7.04. The van der Waals surface area contributed by atoms with Gasteiger partial charge in [0.15, 0.2) is 17.2 Å². The maximum absolute atomic E-state index is 12.9. The quantitative estimate of drug-likeness (QED) is 0.542. The molecule has 0 heterocycles. The van der Waals surface area contributed by atoms with Crippen molar-refractivity contribution in [3.8, 4) is 17.2 Å². The Kier molecular flexibility index (Phi) is 5.72. The summed E-state index contributed by atoms with van der Waals surface area (Å²) >= 11 is 6.17. The van der Waals surface area contributed by atoms with Crippen LogP contribution in [0.4, 0.5) is 5.69 Å². The van der Waals surface area contributed by atoms with Crippen LogP contribution >= 0.6 is 11.6 Å². The van der Waals surface area contributed by atoms with Crippen LogP contribution in [0.25, 0.3) is 0 Å². The van der Waals surface area contributed by atoms with Crippen molar-refractivity contribution in [2.24, 2.45) is 0 Å². The SMILES string of the molecule is COc1ccccc1Oc1ccc(Cl)cc1NC(=O)c1ccc2c(c1)CCCC2. The normalized spacial score (nSPS) is 12.8. The number of fused-ring (bicyclic) bond motifs is 1. The lowest BCUT2D eigenvalue weighted by Gasteiger charge is -2.17. The summed E-state index contributed by atoms with van der Waals surface area (Å²) in [6.45, 7) is 0. The van der Waals surface area contributed by atoms with Gasteiger partial charge in [0.05, 0.1) is 12.8 Å². The zero-order valence-electron chi connectivity index (χ0n) is 16.2. The van der Waals surface area contributed by atoms with E-state index in [4.69, 9.17) is 21.1 Å². The second kappa shape index (κ2) is 8.58. The van der Waals surface area contributed by atoms with Crippen molar-refractivity contribution >= 4 is 23.2 Å². The summed E-state index contributed by atoms with van der Waals surface area (Å²) in [5.41, 5.74) is 3.75. The fraction of sp³-hybridized carbons (Fsp3) is 0.208. The molecule has 0 spiro atoms. The van der Waals surface area contributed by atoms with E-state index in [1.54, 1.807) is 25.3 Å². The minimum Gasteiger partial charge on any atom is -0.493 e. The van der Waals surface area contributed by atoms with Crippen LogP contribution in [0.1, 0.15) is 34.3 Å². The number of carbonyl (C=O) groups excluding carboxylic acids is 1. The average Bonchev–Trinajstić information content (AvgIpc) is 2.75. The highest BCUT2D eigenvalue weighted by Gasteiger charge is 2.16. The van der Waals surface area contributed by atoms with Crippen molar-refractivity contribution in [3.05, 3.63) is 82.4 Å². The predicted molar refractivity (Wildman–Crippen MR) is 116 cm³/mol. The molecule has 1 aliphatic rings. The number of aryl methyl sites for hydroxylation is 2. The number of rotatable bonds is 5. The third-order valence-corrected chi connectivity index (χ3v) is 5.32. The van der Waals surface area contributed by atoms with E-state index in [1.807, 2.05) is 36.4 Å². The molecule has 3 aromatic carbocycles. The first-order valence-electron chi connectivity index (χ1n) is 9.67. The molecular formula is C24H22ClNO3. The average molecular weight is 408 g/mol. The summed E-state index contributed by atoms with van der Waals surface area (Å²) in [5, 5.41) is 3.46. The van der Waals surface area contributed by atoms with E-state index in [9.17, 15) is 4.79 Å². The molecule has 0 saturated carbocycles. The molecule has 0 aromatic heterocycles. The van der Waals surface area contributed by atoms with Crippen LogP contribution in [0.15, 0.2) is 60.7 Å². The van der Waals surface area contributed by atoms with Crippen LogP contribution in [-0.2, 0) is 12.8 Å². The molecule has 1 N–H and O–H groups in total. The molecule has 1 aliphatic carbocycles. The Morgan fingerprint density at radius 1 is 0.897 bits per heavy atom. The molecular weight excluding hydrogens is 386 g/mol. The Balaban J connectivity index is 1.60. The maximum Gasteiger partial charge on any atom is 0.255 e. The van der Waals surface area contributed by atoms with E-state index in [0.717, 1.165) is 12.8 Å². The summed E-state index contributed by atoms with van der Waals surface area (Å²) < 4.78 is 11.4. The molecule has 0 aliphatic heterocycles. The summed E-state index contributed by atoms with van der Waals surface area (Å²) in [5.74, 6) is 1.46. The first-order chi connectivity index (χ1) is 14.1. The molecule has 4 rings (SSSR count). The van der Waals surface area contributed by atoms with Crippen molar-refractivity contribution < 1.29 is 14.3 Å². The molecule has 0 unspecified atom stereocenters. The van der Waals surface area contributed by atoms with Crippen LogP contribution < -0.4 is 14.8 Å². The molecule has 0 radical (unpaired) electrons. The molecule has 0 bridgehead atoms. The van der Waals surface area contributed by atoms with Crippen LogP contribution in [0.3, 0.4) is 0 Å². The predicted octanol–water partition coefficient (Wildman–Crippen LogP) is 6.27. The number of anilines is 1. The molecule has 4 nitrogen and oxygen atoms in total. The van der Waals surface area contributed by atoms with Crippen molar-refractivity contribution in [2.45, 2.75) is 25.7 Å². The molecule has 0 fully saturated rings. The zero-order valence-corrected chi connectivity index (χ0v) is 17.0. The van der Waals surface area contributed by atoms with E-state index in [1.165, 1.54) is 24.0 Å². The van der Waals surface area contributed by atoms with Gasteiger partial charge in [0.1, 0.15) is 0 Å². The largest absolute Gasteiger partial charge is 0.493 e. The molecule has 29 heavy (non-hydrogen) atoms. The number of ether oxygens (including phenoxy) is 2. The smallest absolute Gasteiger partial charge is 0.255 e. The van der Waals surface area contributed by atoms with Gasteiger partial charge in [-0.05, 0) is 79.3 Å². The van der Waals surface area contributed by atoms with E-state index >= 15 is 0 Å². The van der Waals surface area contributed by atoms with Crippen molar-refractivity contribution in [2.75, 3.05) is 12.4 Å². The Bertz CT molecular complexity index is 1050. The third-order valence-electron chi connectivity index (χ3n) is 5.09. The van der Waals surface area contributed by atoms with Gasteiger partial charge < -0.3 is 14.8 Å². The number of hydrogen-bond acceptors (Lipinski definition) is 3. The van der Waals surface area contributed by atoms with Gasteiger partial charge in [-0.25, -0.2) is 0 Å². The topological polar surface area (TPSA) is 47.6 Å². The van der Waals surface area contributed by atoms with Gasteiger partial charge >= 0.3 is 0 Å². The molecule has 1 amide bonds. The summed E-state index contributed by atoms with van der Waals surface area (Å²) in [4.78, 5) is 12.9. The van der Waals surface area contributed by atoms with Gasteiger partial charge in [0.2, 0.25) is 0 Å². The molecule has 3 aromatic rings. The number of carbonyl (C=O) groups is 1. The minimum absolute atomic E-state index is 0.189. The fourth-order valence-corrected chi connectivity index (χ4v) is 3.75. The highest BCUT2D eigenvalue weighted by molar-refractivity contribution is 6.31. The number of nitrogens with one attached hydrogen (secondary N) is 1. The Morgan fingerprint density at radius 3 is 2.45 bits per heavy atom. The highest BCUT2D eigenvalue weighted by Crippen LogP contribution is 2.36. The summed E-state index contributed by atoms with van der Waals surface area (Å²) in [7, 11) is 1.59.